The van der Waals surface area contributed by atoms with Gasteiger partial charge in [0.15, 0.2) is 0 Å². The summed E-state index contributed by atoms with van der Waals surface area (Å²) in [7, 11) is 1.73. The second-order valence-electron chi connectivity index (χ2n) is 12.7. The van der Waals surface area contributed by atoms with Gasteiger partial charge in [-0.05, 0) is 74.7 Å². The average molecular weight is 655 g/mol. The molecule has 3 aromatic rings. The van der Waals surface area contributed by atoms with Gasteiger partial charge in [0.25, 0.3) is 5.69 Å². The van der Waals surface area contributed by atoms with Crippen molar-refractivity contribution in [2.24, 2.45) is 5.92 Å². The Morgan fingerprint density at radius 3 is 2.12 bits per heavy atom. The molecule has 2 aliphatic heterocycles. The van der Waals surface area contributed by atoms with E-state index in [2.05, 4.69) is 21.3 Å². The maximum Gasteiger partial charge on any atom is 0.269 e. The van der Waals surface area contributed by atoms with E-state index >= 15 is 0 Å². The maximum atomic E-state index is 14.5. The average Bonchev–Trinajstić information content (AvgIpc) is 3.49. The van der Waals surface area contributed by atoms with Crippen LogP contribution in [0.25, 0.3) is 0 Å². The summed E-state index contributed by atoms with van der Waals surface area (Å²) >= 11 is 0. The van der Waals surface area contributed by atoms with Gasteiger partial charge in [0.1, 0.15) is 12.1 Å². The summed E-state index contributed by atoms with van der Waals surface area (Å²) in [6, 6.07) is 23.8. The quantitative estimate of drug-likeness (QED) is 0.116. The van der Waals surface area contributed by atoms with Crippen LogP contribution in [0.5, 0.6) is 0 Å². The summed E-state index contributed by atoms with van der Waals surface area (Å²) in [6.07, 6.45) is 3.99. The van der Waals surface area contributed by atoms with Gasteiger partial charge in [0.05, 0.1) is 17.0 Å². The highest BCUT2D eigenvalue weighted by atomic mass is 16.6. The molecule has 48 heavy (non-hydrogen) atoms. The molecule has 4 N–H and O–H groups in total. The van der Waals surface area contributed by atoms with Crippen molar-refractivity contribution in [3.63, 3.8) is 0 Å². The number of nitro benzene ring substituents is 1. The third-order valence-corrected chi connectivity index (χ3v) is 9.76. The number of non-ortho nitro benzene ring substituents is 1. The molecule has 11 heteroatoms. The molecule has 5 rings (SSSR count). The number of carbonyl (C=O) groups is 3. The lowest BCUT2D eigenvalue weighted by molar-refractivity contribution is -0.384. The molecule has 11 nitrogen and oxygen atoms in total. The van der Waals surface area contributed by atoms with E-state index in [0.29, 0.717) is 32.4 Å². The Morgan fingerprint density at radius 1 is 0.917 bits per heavy atom. The minimum absolute atomic E-state index is 0.0458. The molecule has 5 atom stereocenters. The minimum atomic E-state index is -0.765. The Kier molecular flexibility index (Phi) is 11.9. The predicted octanol–water partition coefficient (Wildman–Crippen LogP) is 4.23. The first-order valence-electron chi connectivity index (χ1n) is 16.9. The SMILES string of the molecule is CC[C@H](NC)C(=O)N[C@@H]1C(=O)N2[C@@H](CC[C@@H]1CCNCc1ccc([N+](=O)[O-])cc1)CC[C@H]2C(=O)NC(c1ccccc1)c1ccccc1. The number of likely N-dealkylation sites (N-methyl/N-ethyl adjacent to an activating group) is 1. The predicted molar refractivity (Wildman–Crippen MR) is 184 cm³/mol. The fourth-order valence-corrected chi connectivity index (χ4v) is 7.10. The van der Waals surface area contributed by atoms with Gasteiger partial charge >= 0.3 is 0 Å². The standard InChI is InChI=1S/C37H46N6O5/c1-3-31(38-2)35(44)41-34-28(22-23-39-24-25-14-17-30(18-15-25)43(47)48)16-19-29-20-21-32(42(29)37(34)46)36(45)40-33(26-10-6-4-7-11-26)27-12-8-5-9-13-27/h4-15,17-18,28-29,31-34,38-39H,3,16,19-24H2,1-2H3,(H,40,45)(H,41,44)/t28-,29+,31+,32+,34+/m1/s1. The molecule has 2 heterocycles. The van der Waals surface area contributed by atoms with E-state index < -0.39 is 23.0 Å². The van der Waals surface area contributed by atoms with Crippen LogP contribution < -0.4 is 21.3 Å². The van der Waals surface area contributed by atoms with Crippen molar-refractivity contribution in [3.05, 3.63) is 112 Å². The highest BCUT2D eigenvalue weighted by Gasteiger charge is 2.47. The molecule has 2 aliphatic rings. The molecule has 0 bridgehead atoms. The molecule has 2 fully saturated rings. The van der Waals surface area contributed by atoms with Crippen LogP contribution >= 0.6 is 0 Å². The summed E-state index contributed by atoms with van der Waals surface area (Å²) in [5, 5.41) is 23.8. The Bertz CT molecular complexity index is 1490. The number of carbonyl (C=O) groups excluding carboxylic acids is 3. The van der Waals surface area contributed by atoms with E-state index in [9.17, 15) is 24.5 Å². The molecular weight excluding hydrogens is 608 g/mol. The van der Waals surface area contributed by atoms with Gasteiger partial charge in [0, 0.05) is 24.7 Å². The Morgan fingerprint density at radius 2 is 1.54 bits per heavy atom. The highest BCUT2D eigenvalue weighted by molar-refractivity contribution is 5.94. The molecular formula is C37H46N6O5. The molecule has 2 saturated heterocycles. The van der Waals surface area contributed by atoms with Crippen molar-refractivity contribution in [1.29, 1.82) is 0 Å². The van der Waals surface area contributed by atoms with Gasteiger partial charge in [-0.15, -0.1) is 0 Å². The van der Waals surface area contributed by atoms with E-state index in [1.165, 1.54) is 12.1 Å². The van der Waals surface area contributed by atoms with Gasteiger partial charge in [0.2, 0.25) is 17.7 Å². The van der Waals surface area contributed by atoms with Crippen molar-refractivity contribution in [3.8, 4) is 0 Å². The number of hydrogen-bond acceptors (Lipinski definition) is 7. The van der Waals surface area contributed by atoms with Crippen LogP contribution in [0, 0.1) is 16.0 Å². The fourth-order valence-electron chi connectivity index (χ4n) is 7.10. The molecule has 3 aromatic carbocycles. The number of nitro groups is 1. The second-order valence-corrected chi connectivity index (χ2v) is 12.7. The van der Waals surface area contributed by atoms with Crippen LogP contribution in [0.2, 0.25) is 0 Å². The molecule has 0 unspecified atom stereocenters. The van der Waals surface area contributed by atoms with E-state index in [-0.39, 0.29) is 41.4 Å². The van der Waals surface area contributed by atoms with Gasteiger partial charge in [-0.1, -0.05) is 79.7 Å². The van der Waals surface area contributed by atoms with Gasteiger partial charge < -0.3 is 26.2 Å². The second kappa shape index (κ2) is 16.5. The maximum absolute atomic E-state index is 14.5. The molecule has 0 spiro atoms. The first-order chi connectivity index (χ1) is 23.3. The van der Waals surface area contributed by atoms with E-state index in [4.69, 9.17) is 0 Å². The highest BCUT2D eigenvalue weighted by Crippen LogP contribution is 2.36. The number of fused-ring (bicyclic) bond motifs is 1. The lowest BCUT2D eigenvalue weighted by Crippen LogP contribution is -2.58. The van der Waals surface area contributed by atoms with Crippen molar-refractivity contribution in [1.82, 2.24) is 26.2 Å². The molecule has 0 aliphatic carbocycles. The van der Waals surface area contributed by atoms with Crippen molar-refractivity contribution in [2.75, 3.05) is 13.6 Å². The van der Waals surface area contributed by atoms with Crippen molar-refractivity contribution in [2.45, 2.75) is 82.2 Å². The summed E-state index contributed by atoms with van der Waals surface area (Å²) in [5.41, 5.74) is 2.88. The third-order valence-electron chi connectivity index (χ3n) is 9.76. The van der Waals surface area contributed by atoms with Crippen LogP contribution in [-0.4, -0.2) is 65.3 Å². The van der Waals surface area contributed by atoms with Crippen molar-refractivity contribution < 1.29 is 19.3 Å². The zero-order valence-electron chi connectivity index (χ0n) is 27.6. The van der Waals surface area contributed by atoms with Crippen molar-refractivity contribution >= 4 is 23.4 Å². The number of hydrogen-bond donors (Lipinski definition) is 4. The molecule has 0 radical (unpaired) electrons. The lowest BCUT2D eigenvalue weighted by Gasteiger charge is -2.33. The zero-order valence-corrected chi connectivity index (χ0v) is 27.6. The zero-order chi connectivity index (χ0) is 34.0. The van der Waals surface area contributed by atoms with Crippen LogP contribution in [0.1, 0.15) is 68.2 Å². The Hall–Kier alpha value is -4.61. The Balaban J connectivity index is 1.32. The topological polar surface area (TPSA) is 146 Å². The number of nitrogens with one attached hydrogen (secondary N) is 4. The summed E-state index contributed by atoms with van der Waals surface area (Å²) < 4.78 is 0. The number of benzene rings is 3. The van der Waals surface area contributed by atoms with E-state index in [1.54, 1.807) is 24.1 Å². The van der Waals surface area contributed by atoms with Crippen LogP contribution in [0.4, 0.5) is 5.69 Å². The smallest absolute Gasteiger partial charge is 0.269 e. The molecule has 0 saturated carbocycles. The summed E-state index contributed by atoms with van der Waals surface area (Å²) in [5.74, 6) is -0.755. The van der Waals surface area contributed by atoms with Gasteiger partial charge in [-0.25, -0.2) is 0 Å². The van der Waals surface area contributed by atoms with Crippen LogP contribution in [0.3, 0.4) is 0 Å². The van der Waals surface area contributed by atoms with E-state index in [1.807, 2.05) is 67.6 Å². The third kappa shape index (κ3) is 8.26. The first kappa shape index (κ1) is 34.7. The van der Waals surface area contributed by atoms with Crippen LogP contribution in [-0.2, 0) is 20.9 Å². The number of nitrogens with zero attached hydrogens (tertiary/aromatic N) is 2. The molecule has 254 valence electrons. The van der Waals surface area contributed by atoms with E-state index in [0.717, 1.165) is 36.0 Å². The Labute approximate surface area is 282 Å². The summed E-state index contributed by atoms with van der Waals surface area (Å²) in [6.45, 7) is 3.03. The van der Waals surface area contributed by atoms with Crippen LogP contribution in [0.15, 0.2) is 84.9 Å². The number of rotatable bonds is 14. The number of amides is 3. The fraction of sp³-hybridized carbons (Fsp3) is 0.432. The van der Waals surface area contributed by atoms with Gasteiger partial charge in [-0.3, -0.25) is 24.5 Å². The van der Waals surface area contributed by atoms with Gasteiger partial charge in [-0.2, -0.15) is 0 Å². The molecule has 3 amide bonds. The normalized spacial score (nSPS) is 21.3. The largest absolute Gasteiger partial charge is 0.343 e. The lowest BCUT2D eigenvalue weighted by atomic mass is 9.90. The minimum Gasteiger partial charge on any atom is -0.343 e. The summed E-state index contributed by atoms with van der Waals surface area (Å²) in [4.78, 5) is 54.2. The monoisotopic (exact) mass is 654 g/mol. The first-order valence-corrected chi connectivity index (χ1v) is 16.9. The molecule has 0 aromatic heterocycles.